The van der Waals surface area contributed by atoms with E-state index in [-0.39, 0.29) is 12.0 Å². The fourth-order valence-corrected chi connectivity index (χ4v) is 2.63. The summed E-state index contributed by atoms with van der Waals surface area (Å²) < 4.78 is 0. The number of hydrogen-bond donors (Lipinski definition) is 1. The van der Waals surface area contributed by atoms with Crippen molar-refractivity contribution in [3.05, 3.63) is 36.5 Å². The minimum absolute atomic E-state index is 0.231. The second kappa shape index (κ2) is 2.85. The van der Waals surface area contributed by atoms with E-state index in [4.69, 9.17) is 0 Å². The average molecular weight is 176 g/mol. The molecule has 0 aromatic carbocycles. The molecule has 1 saturated carbocycles. The first-order chi connectivity index (χ1) is 6.15. The predicted octanol–water partition coefficient (Wildman–Crippen LogP) is 2.30. The molecule has 70 valence electrons. The van der Waals surface area contributed by atoms with Gasteiger partial charge in [0.25, 0.3) is 0 Å². The standard InChI is InChI=1S/C12H16O/c1-4-9-6-10-7(2)5-11(9)12(13)8(10)3/h4-5,9-13H,1,3,6H2,2H3/t9-,10-,11-,12+/m0/s1. The first kappa shape index (κ1) is 8.76. The Morgan fingerprint density at radius 1 is 1.62 bits per heavy atom. The van der Waals surface area contributed by atoms with E-state index in [1.54, 1.807) is 0 Å². The SMILES string of the molecule is C=C[C@H]1C[C@@H]2C(=C)[C@@H](O)[C@H]1C=C2C. The van der Waals surface area contributed by atoms with E-state index >= 15 is 0 Å². The predicted molar refractivity (Wildman–Crippen MR) is 54.2 cm³/mol. The van der Waals surface area contributed by atoms with Crippen LogP contribution in [0.15, 0.2) is 36.5 Å². The molecule has 1 N–H and O–H groups in total. The Kier molecular flexibility index (Phi) is 1.92. The topological polar surface area (TPSA) is 20.2 Å². The highest BCUT2D eigenvalue weighted by molar-refractivity contribution is 5.33. The van der Waals surface area contributed by atoms with Gasteiger partial charge in [0, 0.05) is 11.8 Å². The number of aliphatic hydroxyl groups excluding tert-OH is 1. The van der Waals surface area contributed by atoms with Crippen LogP contribution < -0.4 is 0 Å². The van der Waals surface area contributed by atoms with Gasteiger partial charge in [-0.1, -0.05) is 24.3 Å². The molecule has 1 heteroatoms. The second-order valence-corrected chi connectivity index (χ2v) is 4.20. The van der Waals surface area contributed by atoms with Gasteiger partial charge in [-0.2, -0.15) is 0 Å². The smallest absolute Gasteiger partial charge is 0.0821 e. The van der Waals surface area contributed by atoms with Gasteiger partial charge in [0.2, 0.25) is 0 Å². The molecule has 0 aromatic rings. The summed E-state index contributed by atoms with van der Waals surface area (Å²) in [6, 6.07) is 0. The third-order valence-corrected chi connectivity index (χ3v) is 3.50. The Hall–Kier alpha value is -0.820. The zero-order valence-corrected chi connectivity index (χ0v) is 8.03. The first-order valence-electron chi connectivity index (χ1n) is 4.82. The molecule has 3 rings (SSSR count). The minimum Gasteiger partial charge on any atom is -0.388 e. The number of hydrogen-bond acceptors (Lipinski definition) is 1. The van der Waals surface area contributed by atoms with Crippen LogP contribution in [0.4, 0.5) is 0 Å². The Morgan fingerprint density at radius 2 is 2.31 bits per heavy atom. The van der Waals surface area contributed by atoms with E-state index in [1.807, 2.05) is 6.08 Å². The van der Waals surface area contributed by atoms with E-state index < -0.39 is 0 Å². The maximum Gasteiger partial charge on any atom is 0.0821 e. The normalized spacial score (nSPS) is 43.2. The lowest BCUT2D eigenvalue weighted by Crippen LogP contribution is -2.41. The van der Waals surface area contributed by atoms with Crippen molar-refractivity contribution >= 4 is 0 Å². The van der Waals surface area contributed by atoms with Crippen LogP contribution in [0.1, 0.15) is 13.3 Å². The minimum atomic E-state index is -0.342. The Balaban J connectivity index is 2.39. The van der Waals surface area contributed by atoms with Crippen LogP contribution >= 0.6 is 0 Å². The summed E-state index contributed by atoms with van der Waals surface area (Å²) in [4.78, 5) is 0. The monoisotopic (exact) mass is 176 g/mol. The molecule has 4 atom stereocenters. The summed E-state index contributed by atoms with van der Waals surface area (Å²) in [7, 11) is 0. The molecule has 0 spiro atoms. The molecule has 1 fully saturated rings. The lowest BCUT2D eigenvalue weighted by Gasteiger charge is -2.44. The highest BCUT2D eigenvalue weighted by Gasteiger charge is 2.41. The van der Waals surface area contributed by atoms with Gasteiger partial charge in [-0.15, -0.1) is 6.58 Å². The van der Waals surface area contributed by atoms with E-state index in [0.717, 1.165) is 12.0 Å². The Morgan fingerprint density at radius 3 is 2.92 bits per heavy atom. The van der Waals surface area contributed by atoms with Gasteiger partial charge in [0.1, 0.15) is 0 Å². The van der Waals surface area contributed by atoms with Crippen molar-refractivity contribution in [3.8, 4) is 0 Å². The lowest BCUT2D eigenvalue weighted by molar-refractivity contribution is 0.0923. The molecule has 0 heterocycles. The molecule has 0 unspecified atom stereocenters. The van der Waals surface area contributed by atoms with E-state index in [1.165, 1.54) is 5.57 Å². The van der Waals surface area contributed by atoms with Crippen LogP contribution in [0.2, 0.25) is 0 Å². The molecule has 3 aliphatic rings. The number of rotatable bonds is 1. The summed E-state index contributed by atoms with van der Waals surface area (Å²) in [5.41, 5.74) is 2.38. The molecule has 0 amide bonds. The van der Waals surface area contributed by atoms with Gasteiger partial charge in [-0.3, -0.25) is 0 Å². The quantitative estimate of drug-likeness (QED) is 0.608. The Bertz CT molecular complexity index is 285. The molecular formula is C12H16O. The highest BCUT2D eigenvalue weighted by Crippen LogP contribution is 2.46. The largest absolute Gasteiger partial charge is 0.388 e. The van der Waals surface area contributed by atoms with Crippen molar-refractivity contribution in [2.75, 3.05) is 0 Å². The lowest BCUT2D eigenvalue weighted by atomic mass is 9.62. The maximum absolute atomic E-state index is 9.90. The van der Waals surface area contributed by atoms with Crippen LogP contribution in [0, 0.1) is 17.8 Å². The third-order valence-electron chi connectivity index (χ3n) is 3.50. The van der Waals surface area contributed by atoms with Crippen LogP contribution in [0.5, 0.6) is 0 Å². The molecule has 0 saturated heterocycles. The van der Waals surface area contributed by atoms with Crippen molar-refractivity contribution < 1.29 is 5.11 Å². The number of allylic oxidation sites excluding steroid dienone is 2. The van der Waals surface area contributed by atoms with Crippen molar-refractivity contribution in [3.63, 3.8) is 0 Å². The summed E-state index contributed by atoms with van der Waals surface area (Å²) in [5.74, 6) is 1.06. The van der Waals surface area contributed by atoms with Crippen molar-refractivity contribution in [1.82, 2.24) is 0 Å². The van der Waals surface area contributed by atoms with E-state index in [2.05, 4.69) is 26.2 Å². The summed E-state index contributed by atoms with van der Waals surface area (Å²) in [5, 5.41) is 9.90. The van der Waals surface area contributed by atoms with Crippen molar-refractivity contribution in [1.29, 1.82) is 0 Å². The fourth-order valence-electron chi connectivity index (χ4n) is 2.63. The van der Waals surface area contributed by atoms with Crippen LogP contribution in [0.3, 0.4) is 0 Å². The van der Waals surface area contributed by atoms with E-state index in [9.17, 15) is 5.11 Å². The van der Waals surface area contributed by atoms with Crippen LogP contribution in [-0.4, -0.2) is 11.2 Å². The fraction of sp³-hybridized carbons (Fsp3) is 0.500. The zero-order valence-electron chi connectivity index (χ0n) is 8.03. The van der Waals surface area contributed by atoms with Gasteiger partial charge in [-0.25, -0.2) is 0 Å². The molecule has 2 bridgehead atoms. The van der Waals surface area contributed by atoms with Crippen molar-refractivity contribution in [2.24, 2.45) is 17.8 Å². The van der Waals surface area contributed by atoms with Gasteiger partial charge in [0.05, 0.1) is 6.10 Å². The molecule has 1 nitrogen and oxygen atoms in total. The third kappa shape index (κ3) is 1.11. The average Bonchev–Trinajstić information content (AvgIpc) is 2.13. The number of fused-ring (bicyclic) bond motifs is 2. The van der Waals surface area contributed by atoms with Crippen LogP contribution in [0.25, 0.3) is 0 Å². The maximum atomic E-state index is 9.90. The summed E-state index contributed by atoms with van der Waals surface area (Å²) >= 11 is 0. The first-order valence-corrected chi connectivity index (χ1v) is 4.82. The van der Waals surface area contributed by atoms with Gasteiger partial charge in [0.15, 0.2) is 0 Å². The van der Waals surface area contributed by atoms with Gasteiger partial charge < -0.3 is 5.11 Å². The van der Waals surface area contributed by atoms with E-state index in [0.29, 0.717) is 11.8 Å². The molecule has 3 aliphatic carbocycles. The molecule has 0 aliphatic heterocycles. The van der Waals surface area contributed by atoms with Crippen molar-refractivity contribution in [2.45, 2.75) is 19.4 Å². The van der Waals surface area contributed by atoms with Gasteiger partial charge >= 0.3 is 0 Å². The van der Waals surface area contributed by atoms with Crippen LogP contribution in [-0.2, 0) is 0 Å². The molecule has 0 aromatic heterocycles. The molecule has 0 radical (unpaired) electrons. The highest BCUT2D eigenvalue weighted by atomic mass is 16.3. The number of aliphatic hydroxyl groups is 1. The molecule has 13 heavy (non-hydrogen) atoms. The zero-order chi connectivity index (χ0) is 9.59. The summed E-state index contributed by atoms with van der Waals surface area (Å²) in [6.07, 6.45) is 4.91. The molecular weight excluding hydrogens is 160 g/mol. The second-order valence-electron chi connectivity index (χ2n) is 4.20. The Labute approximate surface area is 79.5 Å². The van der Waals surface area contributed by atoms with Gasteiger partial charge in [-0.05, 0) is 24.8 Å². The summed E-state index contributed by atoms with van der Waals surface area (Å²) in [6.45, 7) is 9.92.